The Balaban J connectivity index is 2.39. The summed E-state index contributed by atoms with van der Waals surface area (Å²) in [4.78, 5) is 30.0. The van der Waals surface area contributed by atoms with E-state index in [-0.39, 0.29) is 23.1 Å². The van der Waals surface area contributed by atoms with Gasteiger partial charge in [0.15, 0.2) is 5.78 Å². The van der Waals surface area contributed by atoms with E-state index in [1.807, 2.05) is 0 Å². The highest BCUT2D eigenvalue weighted by Gasteiger charge is 2.22. The summed E-state index contributed by atoms with van der Waals surface area (Å²) >= 11 is 0. The largest absolute Gasteiger partial charge is 0.361 e. The van der Waals surface area contributed by atoms with Crippen molar-refractivity contribution in [1.82, 2.24) is 9.97 Å². The summed E-state index contributed by atoms with van der Waals surface area (Å²) in [6.45, 7) is 5.32. The van der Waals surface area contributed by atoms with Crippen LogP contribution in [0.4, 0.5) is 23.0 Å². The molecule has 1 heterocycles. The molecule has 0 saturated heterocycles. The smallest absolute Gasteiger partial charge is 0.353 e. The van der Waals surface area contributed by atoms with Crippen LogP contribution in [0.3, 0.4) is 0 Å². The predicted octanol–water partition coefficient (Wildman–Crippen LogP) is 2.93. The second kappa shape index (κ2) is 7.12. The first kappa shape index (κ1) is 16.1. The molecule has 2 rings (SSSR count). The molecule has 23 heavy (non-hydrogen) atoms. The fourth-order valence-electron chi connectivity index (χ4n) is 1.89. The van der Waals surface area contributed by atoms with Crippen molar-refractivity contribution >= 4 is 28.8 Å². The molecule has 118 valence electrons. The Kier molecular flexibility index (Phi) is 4.98. The maximum Gasteiger partial charge on any atom is 0.353 e. The third kappa shape index (κ3) is 3.88. The van der Waals surface area contributed by atoms with Crippen molar-refractivity contribution in [3.8, 4) is 0 Å². The minimum atomic E-state index is -0.567. The van der Waals surface area contributed by atoms with Gasteiger partial charge in [-0.15, -0.1) is 6.58 Å². The molecular weight excluding hydrogens is 298 g/mol. The third-order valence-corrected chi connectivity index (χ3v) is 2.95. The van der Waals surface area contributed by atoms with E-state index >= 15 is 0 Å². The van der Waals surface area contributed by atoms with Gasteiger partial charge in [0, 0.05) is 17.8 Å². The van der Waals surface area contributed by atoms with Crippen LogP contribution in [-0.2, 0) is 0 Å². The Hall–Kier alpha value is -3.29. The highest BCUT2D eigenvalue weighted by Crippen LogP contribution is 2.31. The van der Waals surface area contributed by atoms with Crippen molar-refractivity contribution in [2.45, 2.75) is 6.92 Å². The van der Waals surface area contributed by atoms with Crippen molar-refractivity contribution in [2.75, 3.05) is 17.2 Å². The zero-order valence-electron chi connectivity index (χ0n) is 12.4. The Morgan fingerprint density at radius 2 is 2.13 bits per heavy atom. The molecule has 8 heteroatoms. The zero-order chi connectivity index (χ0) is 16.8. The maximum absolute atomic E-state index is 11.4. The molecule has 2 N–H and O–H groups in total. The molecule has 0 unspecified atom stereocenters. The second-order valence-corrected chi connectivity index (χ2v) is 4.61. The number of nitrogens with one attached hydrogen (secondary N) is 2. The van der Waals surface area contributed by atoms with E-state index in [2.05, 4.69) is 27.2 Å². The Morgan fingerprint density at radius 1 is 1.39 bits per heavy atom. The molecule has 0 saturated carbocycles. The van der Waals surface area contributed by atoms with Gasteiger partial charge in [0.05, 0.1) is 4.92 Å². The third-order valence-electron chi connectivity index (χ3n) is 2.95. The highest BCUT2D eigenvalue weighted by atomic mass is 16.6. The topological polar surface area (TPSA) is 110 Å². The fraction of sp³-hybridized carbons (Fsp3) is 0.133. The van der Waals surface area contributed by atoms with E-state index in [4.69, 9.17) is 0 Å². The summed E-state index contributed by atoms with van der Waals surface area (Å²) in [6, 6.07) is 6.64. The van der Waals surface area contributed by atoms with Crippen molar-refractivity contribution < 1.29 is 9.72 Å². The molecule has 0 aliphatic carbocycles. The molecule has 0 aliphatic rings. The number of Topliss-reactive ketones (excluding diaryl/α,β-unsaturated/α-hetero) is 1. The molecular formula is C15H15N5O3. The number of rotatable bonds is 7. The Bertz CT molecular complexity index is 761. The van der Waals surface area contributed by atoms with Crippen LogP contribution >= 0.6 is 0 Å². The van der Waals surface area contributed by atoms with Crippen molar-refractivity contribution in [3.05, 3.63) is 58.9 Å². The molecule has 0 radical (unpaired) electrons. The fourth-order valence-corrected chi connectivity index (χ4v) is 1.89. The van der Waals surface area contributed by atoms with Crippen molar-refractivity contribution in [1.29, 1.82) is 0 Å². The summed E-state index contributed by atoms with van der Waals surface area (Å²) in [5.74, 6) is 0.0339. The number of aromatic nitrogens is 2. The number of hydrogen-bond donors (Lipinski definition) is 2. The lowest BCUT2D eigenvalue weighted by Crippen LogP contribution is -2.08. The van der Waals surface area contributed by atoms with Gasteiger partial charge in [0.25, 0.3) is 0 Å². The van der Waals surface area contributed by atoms with Gasteiger partial charge in [-0.2, -0.15) is 0 Å². The second-order valence-electron chi connectivity index (χ2n) is 4.61. The standard InChI is InChI=1S/C15H15N5O3/c1-3-7-16-14-13(20(22)23)15(18-9-17-14)19-12-6-4-5-11(8-12)10(2)21/h3-6,8-9H,1,7H2,2H3,(H2,16,17,18,19). The SMILES string of the molecule is C=CCNc1ncnc(Nc2cccc(C(C)=O)c2)c1[N+](=O)[O-]. The van der Waals surface area contributed by atoms with Crippen LogP contribution in [0.15, 0.2) is 43.2 Å². The van der Waals surface area contributed by atoms with Crippen molar-refractivity contribution in [2.24, 2.45) is 0 Å². The Morgan fingerprint density at radius 3 is 2.78 bits per heavy atom. The number of anilines is 3. The molecule has 1 aromatic heterocycles. The van der Waals surface area contributed by atoms with Gasteiger partial charge < -0.3 is 10.6 Å². The lowest BCUT2D eigenvalue weighted by Gasteiger charge is -2.09. The molecule has 0 atom stereocenters. The van der Waals surface area contributed by atoms with Gasteiger partial charge in [0.2, 0.25) is 11.6 Å². The summed E-state index contributed by atoms with van der Waals surface area (Å²) in [7, 11) is 0. The predicted molar refractivity (Wildman–Crippen MR) is 87.1 cm³/mol. The van der Waals surface area contributed by atoms with Crippen LogP contribution in [0.1, 0.15) is 17.3 Å². The van der Waals surface area contributed by atoms with Gasteiger partial charge >= 0.3 is 5.69 Å². The van der Waals surface area contributed by atoms with Gasteiger partial charge in [-0.05, 0) is 19.1 Å². The first-order valence-electron chi connectivity index (χ1n) is 6.75. The van der Waals surface area contributed by atoms with Gasteiger partial charge in [-0.3, -0.25) is 14.9 Å². The maximum atomic E-state index is 11.4. The lowest BCUT2D eigenvalue weighted by molar-refractivity contribution is -0.383. The summed E-state index contributed by atoms with van der Waals surface area (Å²) in [5, 5.41) is 17.0. The van der Waals surface area contributed by atoms with E-state index in [0.717, 1.165) is 0 Å². The number of carbonyl (C=O) groups excluding carboxylic acids is 1. The summed E-state index contributed by atoms with van der Waals surface area (Å²) in [6.07, 6.45) is 2.78. The monoisotopic (exact) mass is 313 g/mol. The summed E-state index contributed by atoms with van der Waals surface area (Å²) < 4.78 is 0. The Labute approximate surface area is 132 Å². The van der Waals surface area contributed by atoms with E-state index in [1.54, 1.807) is 30.3 Å². The average molecular weight is 313 g/mol. The van der Waals surface area contributed by atoms with Gasteiger partial charge in [-0.25, -0.2) is 9.97 Å². The minimum Gasteiger partial charge on any atom is -0.361 e. The molecule has 1 aromatic carbocycles. The number of ketones is 1. The molecule has 0 aliphatic heterocycles. The van der Waals surface area contributed by atoms with Crippen LogP contribution in [-0.4, -0.2) is 27.2 Å². The number of hydrogen-bond acceptors (Lipinski definition) is 7. The van der Waals surface area contributed by atoms with Crippen LogP contribution in [0, 0.1) is 10.1 Å². The molecule has 8 nitrogen and oxygen atoms in total. The number of carbonyl (C=O) groups is 1. The van der Waals surface area contributed by atoms with Gasteiger partial charge in [-0.1, -0.05) is 18.2 Å². The van der Waals surface area contributed by atoms with Crippen LogP contribution < -0.4 is 10.6 Å². The summed E-state index contributed by atoms with van der Waals surface area (Å²) in [5.41, 5.74) is 0.744. The zero-order valence-corrected chi connectivity index (χ0v) is 12.4. The average Bonchev–Trinajstić information content (AvgIpc) is 2.53. The van der Waals surface area contributed by atoms with Crippen molar-refractivity contribution in [3.63, 3.8) is 0 Å². The van der Waals surface area contributed by atoms with E-state index in [9.17, 15) is 14.9 Å². The first-order chi connectivity index (χ1) is 11.0. The van der Waals surface area contributed by atoms with E-state index in [1.165, 1.54) is 13.3 Å². The number of nitrogens with zero attached hydrogens (tertiary/aromatic N) is 3. The van der Waals surface area contributed by atoms with Crippen LogP contribution in [0.5, 0.6) is 0 Å². The first-order valence-corrected chi connectivity index (χ1v) is 6.75. The van der Waals surface area contributed by atoms with Crippen LogP contribution in [0.2, 0.25) is 0 Å². The highest BCUT2D eigenvalue weighted by molar-refractivity contribution is 5.95. The molecule has 0 spiro atoms. The minimum absolute atomic E-state index is 0.0391. The lowest BCUT2D eigenvalue weighted by atomic mass is 10.1. The molecule has 0 amide bonds. The van der Waals surface area contributed by atoms with E-state index in [0.29, 0.717) is 17.8 Å². The normalized spacial score (nSPS) is 9.96. The van der Waals surface area contributed by atoms with E-state index < -0.39 is 4.92 Å². The molecule has 0 fully saturated rings. The molecule has 2 aromatic rings. The molecule has 0 bridgehead atoms. The van der Waals surface area contributed by atoms with Gasteiger partial charge in [0.1, 0.15) is 6.33 Å². The quantitative estimate of drug-likeness (QED) is 0.350. The number of benzene rings is 1. The number of nitro groups is 1. The van der Waals surface area contributed by atoms with Crippen LogP contribution in [0.25, 0.3) is 0 Å².